The van der Waals surface area contributed by atoms with Gasteiger partial charge >= 0.3 is 5.97 Å². The average Bonchev–Trinajstić information content (AvgIpc) is 2.33. The number of aliphatic hydroxyl groups excluding tert-OH is 2. The van der Waals surface area contributed by atoms with Gasteiger partial charge in [-0.2, -0.15) is 0 Å². The van der Waals surface area contributed by atoms with Gasteiger partial charge in [0.2, 0.25) is 0 Å². The topological polar surface area (TPSA) is 125 Å². The molecule has 2 N–H and O–H groups in total. The van der Waals surface area contributed by atoms with Gasteiger partial charge in [-0.05, 0) is 11.8 Å². The predicted octanol–water partition coefficient (Wildman–Crippen LogP) is 0.0381. The monoisotopic (exact) mass is 277 g/mol. The van der Waals surface area contributed by atoms with Crippen molar-refractivity contribution in [1.82, 2.24) is 0 Å². The zero-order chi connectivity index (χ0) is 13.7. The smallest absolute Gasteiger partial charge is 0.302 e. The maximum Gasteiger partial charge on any atom is 0.302 e. The van der Waals surface area contributed by atoms with Gasteiger partial charge in [0.25, 0.3) is 0 Å². The molecule has 0 radical (unpaired) electrons. The van der Waals surface area contributed by atoms with E-state index in [1.54, 1.807) is 6.26 Å². The summed E-state index contributed by atoms with van der Waals surface area (Å²) in [6.07, 6.45) is -1.45. The second-order valence-corrected chi connectivity index (χ2v) is 4.69. The van der Waals surface area contributed by atoms with Crippen LogP contribution in [0.25, 0.3) is 10.4 Å². The summed E-state index contributed by atoms with van der Waals surface area (Å²) in [5.41, 5.74) is 7.77. The predicted molar refractivity (Wildman–Crippen MR) is 63.8 cm³/mol. The van der Waals surface area contributed by atoms with E-state index < -0.39 is 35.8 Å². The largest absolute Gasteiger partial charge is 0.463 e. The molecule has 0 saturated carbocycles. The van der Waals surface area contributed by atoms with Crippen molar-refractivity contribution in [3.63, 3.8) is 0 Å². The number of nitrogens with zero attached hydrogens (tertiary/aromatic N) is 3. The lowest BCUT2D eigenvalue weighted by Crippen LogP contribution is -2.56. The number of carbonyl (C=O) groups is 1. The Balaban J connectivity index is 2.79. The molecule has 5 atom stereocenters. The minimum atomic E-state index is -1.22. The summed E-state index contributed by atoms with van der Waals surface area (Å²) < 4.78 is 10.1. The molecule has 0 bridgehead atoms. The van der Waals surface area contributed by atoms with Crippen LogP contribution < -0.4 is 0 Å². The van der Waals surface area contributed by atoms with Gasteiger partial charge in [0.05, 0.1) is 12.1 Å². The zero-order valence-electron chi connectivity index (χ0n) is 9.96. The molecule has 1 saturated heterocycles. The quantitative estimate of drug-likeness (QED) is 0.323. The first-order valence-corrected chi connectivity index (χ1v) is 6.52. The summed E-state index contributed by atoms with van der Waals surface area (Å²) in [4.78, 5) is 13.3. The number of carbonyl (C=O) groups excluding carboxylic acids is 1. The third-order valence-electron chi connectivity index (χ3n) is 2.54. The Kier molecular flexibility index (Phi) is 5.70. The van der Waals surface area contributed by atoms with Crippen molar-refractivity contribution in [2.24, 2.45) is 5.11 Å². The van der Waals surface area contributed by atoms with Crippen molar-refractivity contribution >= 4 is 17.7 Å². The molecule has 1 rings (SSSR count). The Hall–Kier alpha value is -0.990. The number of thioether (sulfide) groups is 1. The Morgan fingerprint density at radius 1 is 1.56 bits per heavy atom. The molecule has 0 spiro atoms. The van der Waals surface area contributed by atoms with Gasteiger partial charge in [0, 0.05) is 11.8 Å². The Morgan fingerprint density at radius 2 is 2.22 bits per heavy atom. The van der Waals surface area contributed by atoms with Gasteiger partial charge in [-0.15, -0.1) is 11.8 Å². The maximum atomic E-state index is 10.7. The summed E-state index contributed by atoms with van der Waals surface area (Å²) in [6, 6.07) is -1.03. The molecule has 9 heteroatoms. The van der Waals surface area contributed by atoms with Gasteiger partial charge in [-0.1, -0.05) is 5.11 Å². The van der Waals surface area contributed by atoms with Crippen molar-refractivity contribution in [3.05, 3.63) is 10.4 Å². The highest BCUT2D eigenvalue weighted by atomic mass is 32.2. The first-order valence-electron chi connectivity index (χ1n) is 5.23. The number of azide groups is 1. The second-order valence-electron chi connectivity index (χ2n) is 3.76. The Bertz CT molecular complexity index is 349. The van der Waals surface area contributed by atoms with Gasteiger partial charge in [0.15, 0.2) is 0 Å². The lowest BCUT2D eigenvalue weighted by Gasteiger charge is -2.40. The summed E-state index contributed by atoms with van der Waals surface area (Å²) in [5.74, 6) is -0.502. The van der Waals surface area contributed by atoms with Gasteiger partial charge in [0.1, 0.15) is 24.3 Å². The van der Waals surface area contributed by atoms with Crippen LogP contribution in [-0.4, -0.2) is 58.8 Å². The van der Waals surface area contributed by atoms with E-state index >= 15 is 0 Å². The van der Waals surface area contributed by atoms with Crippen molar-refractivity contribution < 1.29 is 24.5 Å². The van der Waals surface area contributed by atoms with Gasteiger partial charge in [-0.25, -0.2) is 0 Å². The number of aliphatic hydroxyl groups is 2. The highest BCUT2D eigenvalue weighted by molar-refractivity contribution is 7.99. The molecule has 1 aliphatic rings. The molecule has 18 heavy (non-hydrogen) atoms. The highest BCUT2D eigenvalue weighted by Gasteiger charge is 2.44. The molecule has 0 aromatic heterocycles. The molecule has 1 heterocycles. The SMILES string of the molecule is CS[C@@H]1OC(COC(C)=O)[C@H](O)C(N=[N+]=[N-])[C@@H]1O. The zero-order valence-corrected chi connectivity index (χ0v) is 10.8. The highest BCUT2D eigenvalue weighted by Crippen LogP contribution is 2.29. The van der Waals surface area contributed by atoms with E-state index in [9.17, 15) is 15.0 Å². The average molecular weight is 277 g/mol. The van der Waals surface area contributed by atoms with E-state index in [0.717, 1.165) is 0 Å². The van der Waals surface area contributed by atoms with Crippen molar-refractivity contribution in [2.45, 2.75) is 36.7 Å². The van der Waals surface area contributed by atoms with Crippen LogP contribution in [0, 0.1) is 0 Å². The van der Waals surface area contributed by atoms with Crippen LogP contribution in [0.15, 0.2) is 5.11 Å². The molecule has 1 fully saturated rings. The maximum absolute atomic E-state index is 10.7. The van der Waals surface area contributed by atoms with E-state index in [4.69, 9.17) is 15.0 Å². The van der Waals surface area contributed by atoms with E-state index in [2.05, 4.69) is 10.0 Å². The fourth-order valence-corrected chi connectivity index (χ4v) is 2.34. The third kappa shape index (κ3) is 3.50. The molecule has 0 aliphatic carbocycles. The molecular weight excluding hydrogens is 262 g/mol. The van der Waals surface area contributed by atoms with E-state index in [1.165, 1.54) is 18.7 Å². The molecule has 0 amide bonds. The first-order chi connectivity index (χ1) is 8.51. The van der Waals surface area contributed by atoms with Crippen LogP contribution in [0.5, 0.6) is 0 Å². The molecule has 8 nitrogen and oxygen atoms in total. The standard InChI is InChI=1S/C9H15N3O5S/c1-4(13)16-3-5-7(14)6(11-12-10)8(15)9(17-5)18-2/h5-9,14-15H,3H2,1-2H3/t5?,6?,7-,8-,9-/m0/s1. The van der Waals surface area contributed by atoms with Crippen LogP contribution in [-0.2, 0) is 14.3 Å². The van der Waals surface area contributed by atoms with E-state index in [0.29, 0.717) is 0 Å². The fourth-order valence-electron chi connectivity index (χ4n) is 1.64. The molecule has 2 unspecified atom stereocenters. The summed E-state index contributed by atoms with van der Waals surface area (Å²) >= 11 is 1.22. The van der Waals surface area contributed by atoms with Crippen LogP contribution in [0.3, 0.4) is 0 Å². The fraction of sp³-hybridized carbons (Fsp3) is 0.889. The number of rotatable bonds is 4. The first kappa shape index (κ1) is 15.1. The number of esters is 1. The van der Waals surface area contributed by atoms with Gasteiger partial charge in [-0.3, -0.25) is 4.79 Å². The summed E-state index contributed by atoms with van der Waals surface area (Å²) in [5, 5.41) is 23.1. The van der Waals surface area contributed by atoms with E-state index in [-0.39, 0.29) is 6.61 Å². The Morgan fingerprint density at radius 3 is 2.72 bits per heavy atom. The van der Waals surface area contributed by atoms with Crippen molar-refractivity contribution in [2.75, 3.05) is 12.9 Å². The molecule has 0 aromatic rings. The molecule has 1 aliphatic heterocycles. The molecule has 102 valence electrons. The summed E-state index contributed by atoms with van der Waals surface area (Å²) in [6.45, 7) is 1.08. The minimum Gasteiger partial charge on any atom is -0.463 e. The normalized spacial score (nSPS) is 35.7. The van der Waals surface area contributed by atoms with Crippen LogP contribution >= 0.6 is 11.8 Å². The van der Waals surface area contributed by atoms with Crippen molar-refractivity contribution in [3.8, 4) is 0 Å². The lowest BCUT2D eigenvalue weighted by molar-refractivity contribution is -0.174. The number of ether oxygens (including phenoxy) is 2. The van der Waals surface area contributed by atoms with Crippen LogP contribution in [0.1, 0.15) is 6.92 Å². The number of hydrogen-bond acceptors (Lipinski definition) is 7. The van der Waals surface area contributed by atoms with Gasteiger partial charge < -0.3 is 19.7 Å². The third-order valence-corrected chi connectivity index (χ3v) is 3.39. The Labute approximate surface area is 108 Å². The van der Waals surface area contributed by atoms with Crippen molar-refractivity contribution in [1.29, 1.82) is 0 Å². The van der Waals surface area contributed by atoms with E-state index in [1.807, 2.05) is 0 Å². The van der Waals surface area contributed by atoms with Crippen LogP contribution in [0.4, 0.5) is 0 Å². The number of hydrogen-bond donors (Lipinski definition) is 2. The lowest BCUT2D eigenvalue weighted by atomic mass is 9.98. The van der Waals surface area contributed by atoms with Crippen LogP contribution in [0.2, 0.25) is 0 Å². The minimum absolute atomic E-state index is 0.155. The molecular formula is C9H15N3O5S. The second kappa shape index (κ2) is 6.81. The summed E-state index contributed by atoms with van der Waals surface area (Å²) in [7, 11) is 0. The molecule has 0 aromatic carbocycles.